The average Bonchev–Trinajstić information content (AvgIpc) is 3.35. The summed E-state index contributed by atoms with van der Waals surface area (Å²) in [5, 5.41) is 8.89. The molecule has 0 radical (unpaired) electrons. The van der Waals surface area contributed by atoms with Crippen molar-refractivity contribution >= 4 is 34.7 Å². The zero-order valence-corrected chi connectivity index (χ0v) is 17.4. The number of hydrogen-bond donors (Lipinski definition) is 1. The topological polar surface area (TPSA) is 50.2 Å². The SMILES string of the molecule is CN(C(=O)c1nn2c(c1Cl)N[C@@H](c1cccs1)C[C@@H]2C(F)(F)F)C1CCCCC1. The minimum Gasteiger partial charge on any atom is -0.361 e. The van der Waals surface area contributed by atoms with E-state index in [1.807, 2.05) is 5.38 Å². The number of halogens is 4. The van der Waals surface area contributed by atoms with E-state index in [1.54, 1.807) is 24.1 Å². The highest BCUT2D eigenvalue weighted by Crippen LogP contribution is 2.47. The van der Waals surface area contributed by atoms with E-state index >= 15 is 0 Å². The van der Waals surface area contributed by atoms with E-state index in [-0.39, 0.29) is 29.0 Å². The van der Waals surface area contributed by atoms with E-state index in [9.17, 15) is 18.0 Å². The van der Waals surface area contributed by atoms with E-state index in [0.717, 1.165) is 41.7 Å². The molecule has 3 heterocycles. The summed E-state index contributed by atoms with van der Waals surface area (Å²) in [4.78, 5) is 15.4. The standard InChI is InChI=1S/C19H22ClF3N4OS/c1-26(11-6-3-2-4-7-11)18(28)16-15(20)17-24-12(13-8-5-9-29-13)10-14(19(21,22)23)27(17)25-16/h5,8-9,11-12,14,24H,2-4,6-7,10H2,1H3/t12-,14-/m1/s1. The van der Waals surface area contributed by atoms with Crippen LogP contribution in [0.15, 0.2) is 17.5 Å². The number of thiophene rings is 1. The predicted octanol–water partition coefficient (Wildman–Crippen LogP) is 5.66. The summed E-state index contributed by atoms with van der Waals surface area (Å²) >= 11 is 7.79. The first-order chi connectivity index (χ1) is 13.8. The first-order valence-corrected chi connectivity index (χ1v) is 10.9. The van der Waals surface area contributed by atoms with Crippen LogP contribution in [-0.2, 0) is 0 Å². The van der Waals surface area contributed by atoms with Gasteiger partial charge in [0.2, 0.25) is 0 Å². The molecule has 0 spiro atoms. The molecule has 1 saturated carbocycles. The Kier molecular flexibility index (Phi) is 5.54. The number of fused-ring (bicyclic) bond motifs is 1. The van der Waals surface area contributed by atoms with Gasteiger partial charge in [0, 0.05) is 24.4 Å². The summed E-state index contributed by atoms with van der Waals surface area (Å²) in [5.74, 6) is -0.377. The summed E-state index contributed by atoms with van der Waals surface area (Å²) in [6.45, 7) is 0. The van der Waals surface area contributed by atoms with Crippen LogP contribution in [0, 0.1) is 0 Å². The highest BCUT2D eigenvalue weighted by molar-refractivity contribution is 7.10. The Balaban J connectivity index is 1.68. The molecule has 0 saturated heterocycles. The van der Waals surface area contributed by atoms with Gasteiger partial charge in [-0.05, 0) is 24.3 Å². The molecule has 2 aromatic heterocycles. The van der Waals surface area contributed by atoms with Crippen molar-refractivity contribution in [2.24, 2.45) is 0 Å². The van der Waals surface area contributed by atoms with Crippen LogP contribution >= 0.6 is 22.9 Å². The predicted molar refractivity (Wildman–Crippen MR) is 107 cm³/mol. The van der Waals surface area contributed by atoms with Crippen molar-refractivity contribution in [2.45, 2.75) is 62.8 Å². The van der Waals surface area contributed by atoms with Crippen molar-refractivity contribution in [1.82, 2.24) is 14.7 Å². The molecule has 1 N–H and O–H groups in total. The maximum atomic E-state index is 13.8. The lowest BCUT2D eigenvalue weighted by molar-refractivity contribution is -0.173. The van der Waals surface area contributed by atoms with Gasteiger partial charge in [-0.2, -0.15) is 18.3 Å². The van der Waals surface area contributed by atoms with Crippen LogP contribution in [-0.4, -0.2) is 39.9 Å². The molecular weight excluding hydrogens is 425 g/mol. The Hall–Kier alpha value is -1.74. The molecule has 1 amide bonds. The van der Waals surface area contributed by atoms with Gasteiger partial charge in [0.15, 0.2) is 11.7 Å². The van der Waals surface area contributed by atoms with E-state index in [2.05, 4.69) is 10.4 Å². The van der Waals surface area contributed by atoms with Crippen molar-refractivity contribution in [3.63, 3.8) is 0 Å². The molecule has 0 unspecified atom stereocenters. The molecule has 158 valence electrons. The van der Waals surface area contributed by atoms with E-state index in [1.165, 1.54) is 11.3 Å². The molecule has 1 fully saturated rings. The molecule has 1 aliphatic carbocycles. The molecule has 2 aromatic rings. The fourth-order valence-corrected chi connectivity index (χ4v) is 5.25. The molecule has 0 bridgehead atoms. The third-order valence-electron chi connectivity index (χ3n) is 5.83. The van der Waals surface area contributed by atoms with Crippen molar-refractivity contribution in [3.8, 4) is 0 Å². The Bertz CT molecular complexity index is 877. The zero-order valence-electron chi connectivity index (χ0n) is 15.9. The van der Waals surface area contributed by atoms with Crippen molar-refractivity contribution in [2.75, 3.05) is 12.4 Å². The molecule has 10 heteroatoms. The lowest BCUT2D eigenvalue weighted by atomic mass is 9.94. The second-order valence-electron chi connectivity index (χ2n) is 7.67. The first-order valence-electron chi connectivity index (χ1n) is 9.69. The second-order valence-corrected chi connectivity index (χ2v) is 9.03. The Morgan fingerprint density at radius 3 is 2.69 bits per heavy atom. The van der Waals surface area contributed by atoms with Crippen LogP contribution in [0.1, 0.15) is 66.0 Å². The maximum absolute atomic E-state index is 13.8. The Morgan fingerprint density at radius 1 is 1.34 bits per heavy atom. The zero-order chi connectivity index (χ0) is 20.8. The number of rotatable bonds is 3. The summed E-state index contributed by atoms with van der Waals surface area (Å²) in [6.07, 6.45) is 0.276. The van der Waals surface area contributed by atoms with Gasteiger partial charge >= 0.3 is 6.18 Å². The minimum absolute atomic E-state index is 0.0480. The normalized spacial score (nSPS) is 22.8. The van der Waals surface area contributed by atoms with Crippen molar-refractivity contribution in [3.05, 3.63) is 33.1 Å². The highest BCUT2D eigenvalue weighted by Gasteiger charge is 2.48. The summed E-state index contributed by atoms with van der Waals surface area (Å²) in [6, 6.07) is 1.27. The lowest BCUT2D eigenvalue weighted by Gasteiger charge is -2.32. The van der Waals surface area contributed by atoms with Crippen molar-refractivity contribution < 1.29 is 18.0 Å². The molecule has 29 heavy (non-hydrogen) atoms. The molecule has 0 aromatic carbocycles. The van der Waals surface area contributed by atoms with Crippen LogP contribution in [0.25, 0.3) is 0 Å². The monoisotopic (exact) mass is 446 g/mol. The number of nitrogens with zero attached hydrogens (tertiary/aromatic N) is 3. The van der Waals surface area contributed by atoms with Crippen LogP contribution in [0.5, 0.6) is 0 Å². The molecule has 2 aliphatic rings. The number of carbonyl (C=O) groups is 1. The Morgan fingerprint density at radius 2 is 2.07 bits per heavy atom. The van der Waals surface area contributed by atoms with Gasteiger partial charge in [0.1, 0.15) is 10.8 Å². The average molecular weight is 447 g/mol. The lowest BCUT2D eigenvalue weighted by Crippen LogP contribution is -2.39. The van der Waals surface area contributed by atoms with E-state index in [4.69, 9.17) is 11.6 Å². The number of anilines is 1. The molecular formula is C19H22ClF3N4OS. The largest absolute Gasteiger partial charge is 0.410 e. The minimum atomic E-state index is -4.50. The van der Waals surface area contributed by atoms with E-state index in [0.29, 0.717) is 0 Å². The number of hydrogen-bond acceptors (Lipinski definition) is 4. The van der Waals surface area contributed by atoms with Crippen LogP contribution < -0.4 is 5.32 Å². The fraction of sp³-hybridized carbons (Fsp3) is 0.579. The molecule has 4 rings (SSSR count). The third kappa shape index (κ3) is 3.86. The van der Waals surface area contributed by atoms with Gasteiger partial charge in [0.25, 0.3) is 5.91 Å². The quantitative estimate of drug-likeness (QED) is 0.661. The fourth-order valence-electron chi connectivity index (χ4n) is 4.20. The number of aromatic nitrogens is 2. The Labute approximate surface area is 175 Å². The number of alkyl halides is 3. The first kappa shape index (κ1) is 20.5. The van der Waals surface area contributed by atoms with Gasteiger partial charge in [-0.25, -0.2) is 4.68 Å². The van der Waals surface area contributed by atoms with Gasteiger partial charge < -0.3 is 10.2 Å². The van der Waals surface area contributed by atoms with Crippen molar-refractivity contribution in [1.29, 1.82) is 0 Å². The van der Waals surface area contributed by atoms with Crippen LogP contribution in [0.4, 0.5) is 19.0 Å². The summed E-state index contributed by atoms with van der Waals surface area (Å²) in [5.41, 5.74) is -0.122. The van der Waals surface area contributed by atoms with Gasteiger partial charge in [-0.1, -0.05) is 36.9 Å². The molecule has 5 nitrogen and oxygen atoms in total. The van der Waals surface area contributed by atoms with Crippen LogP contribution in [0.2, 0.25) is 5.02 Å². The maximum Gasteiger partial charge on any atom is 0.410 e. The third-order valence-corrected chi connectivity index (χ3v) is 7.17. The summed E-state index contributed by atoms with van der Waals surface area (Å²) in [7, 11) is 1.68. The van der Waals surface area contributed by atoms with Crippen LogP contribution in [0.3, 0.4) is 0 Å². The van der Waals surface area contributed by atoms with Gasteiger partial charge in [0.05, 0.1) is 6.04 Å². The van der Waals surface area contributed by atoms with Gasteiger partial charge in [-0.3, -0.25) is 4.79 Å². The highest BCUT2D eigenvalue weighted by atomic mass is 35.5. The summed E-state index contributed by atoms with van der Waals surface area (Å²) < 4.78 is 42.3. The number of amides is 1. The van der Waals surface area contributed by atoms with Gasteiger partial charge in [-0.15, -0.1) is 11.3 Å². The smallest absolute Gasteiger partial charge is 0.361 e. The molecule has 1 aliphatic heterocycles. The second kappa shape index (κ2) is 7.83. The number of carbonyl (C=O) groups excluding carboxylic acids is 1. The molecule has 2 atom stereocenters. The van der Waals surface area contributed by atoms with E-state index < -0.39 is 24.2 Å². The number of nitrogens with one attached hydrogen (secondary N) is 1.